The van der Waals surface area contributed by atoms with Crippen molar-refractivity contribution in [1.29, 1.82) is 5.26 Å². The fourth-order valence-electron chi connectivity index (χ4n) is 1.92. The molecule has 0 N–H and O–H groups in total. The van der Waals surface area contributed by atoms with Crippen LogP contribution in [0.25, 0.3) is 11.0 Å². The highest BCUT2D eigenvalue weighted by Gasteiger charge is 2.10. The lowest BCUT2D eigenvalue weighted by Crippen LogP contribution is -2.13. The lowest BCUT2D eigenvalue weighted by molar-refractivity contribution is 0.104. The standard InChI is InChI=1S/C15H11N3O/c16-10-15-17-13-8-4-5-9-14(13)18(15)19-11-12-6-2-1-3-7-12/h1-9H,11H2. The van der Waals surface area contributed by atoms with Crippen molar-refractivity contribution >= 4 is 11.0 Å². The maximum Gasteiger partial charge on any atom is 0.247 e. The maximum absolute atomic E-state index is 9.10. The number of benzene rings is 2. The molecular weight excluding hydrogens is 238 g/mol. The summed E-state index contributed by atoms with van der Waals surface area (Å²) >= 11 is 0. The van der Waals surface area contributed by atoms with Crippen LogP contribution in [0.5, 0.6) is 0 Å². The van der Waals surface area contributed by atoms with Gasteiger partial charge < -0.3 is 4.84 Å². The van der Waals surface area contributed by atoms with Gasteiger partial charge >= 0.3 is 0 Å². The Bertz CT molecular complexity index is 741. The lowest BCUT2D eigenvalue weighted by Gasteiger charge is -2.08. The molecule has 4 heteroatoms. The lowest BCUT2D eigenvalue weighted by atomic mass is 10.2. The zero-order valence-electron chi connectivity index (χ0n) is 10.2. The molecule has 0 fully saturated rings. The molecule has 0 bridgehead atoms. The van der Waals surface area contributed by atoms with Crippen molar-refractivity contribution in [2.75, 3.05) is 0 Å². The second kappa shape index (κ2) is 4.83. The SMILES string of the molecule is N#Cc1nc2ccccc2n1OCc1ccccc1. The van der Waals surface area contributed by atoms with Crippen LogP contribution in [0.3, 0.4) is 0 Å². The Morgan fingerprint density at radius 1 is 1.05 bits per heavy atom. The predicted octanol–water partition coefficient (Wildman–Crippen LogP) is 2.54. The van der Waals surface area contributed by atoms with Gasteiger partial charge in [0, 0.05) is 0 Å². The van der Waals surface area contributed by atoms with Crippen LogP contribution in [0.15, 0.2) is 54.6 Å². The first-order valence-corrected chi connectivity index (χ1v) is 5.93. The van der Waals surface area contributed by atoms with Crippen molar-refractivity contribution in [2.45, 2.75) is 6.61 Å². The maximum atomic E-state index is 9.10. The van der Waals surface area contributed by atoms with Crippen LogP contribution in [-0.2, 0) is 6.61 Å². The van der Waals surface area contributed by atoms with Gasteiger partial charge in [-0.3, -0.25) is 0 Å². The van der Waals surface area contributed by atoms with E-state index in [0.29, 0.717) is 6.61 Å². The molecule has 0 aliphatic heterocycles. The normalized spacial score (nSPS) is 10.3. The van der Waals surface area contributed by atoms with E-state index in [4.69, 9.17) is 10.1 Å². The summed E-state index contributed by atoms with van der Waals surface area (Å²) < 4.78 is 1.49. The number of rotatable bonds is 3. The molecule has 1 aromatic heterocycles. The zero-order valence-corrected chi connectivity index (χ0v) is 10.2. The fraction of sp³-hybridized carbons (Fsp3) is 0.0667. The van der Waals surface area contributed by atoms with E-state index in [0.717, 1.165) is 16.6 Å². The molecule has 0 atom stereocenters. The van der Waals surface area contributed by atoms with Crippen LogP contribution < -0.4 is 4.84 Å². The van der Waals surface area contributed by atoms with E-state index in [1.807, 2.05) is 60.7 Å². The van der Waals surface area contributed by atoms with Gasteiger partial charge in [0.15, 0.2) is 0 Å². The predicted molar refractivity (Wildman–Crippen MR) is 71.2 cm³/mol. The monoisotopic (exact) mass is 249 g/mol. The molecule has 0 saturated carbocycles. The van der Waals surface area contributed by atoms with Crippen LogP contribution in [0, 0.1) is 11.3 Å². The molecule has 3 rings (SSSR count). The topological polar surface area (TPSA) is 50.8 Å². The van der Waals surface area contributed by atoms with Crippen molar-refractivity contribution in [3.8, 4) is 6.07 Å². The van der Waals surface area contributed by atoms with Crippen molar-refractivity contribution in [1.82, 2.24) is 9.71 Å². The molecule has 0 unspecified atom stereocenters. The van der Waals surface area contributed by atoms with Crippen molar-refractivity contribution in [2.24, 2.45) is 0 Å². The molecule has 3 aromatic rings. The number of nitrogens with zero attached hydrogens (tertiary/aromatic N) is 3. The molecule has 92 valence electrons. The van der Waals surface area contributed by atoms with Crippen LogP contribution in [-0.4, -0.2) is 9.71 Å². The minimum Gasteiger partial charge on any atom is -0.406 e. The van der Waals surface area contributed by atoms with Gasteiger partial charge in [-0.25, -0.2) is 4.98 Å². The van der Waals surface area contributed by atoms with Crippen molar-refractivity contribution in [3.63, 3.8) is 0 Å². The molecule has 0 saturated heterocycles. The van der Waals surface area contributed by atoms with Gasteiger partial charge in [0.05, 0.1) is 5.52 Å². The smallest absolute Gasteiger partial charge is 0.247 e. The van der Waals surface area contributed by atoms with Gasteiger partial charge in [-0.05, 0) is 17.7 Å². The molecule has 2 aromatic carbocycles. The molecule has 19 heavy (non-hydrogen) atoms. The summed E-state index contributed by atoms with van der Waals surface area (Å²) in [5.41, 5.74) is 2.60. The zero-order chi connectivity index (χ0) is 13.1. The highest BCUT2D eigenvalue weighted by molar-refractivity contribution is 5.76. The summed E-state index contributed by atoms with van der Waals surface area (Å²) in [7, 11) is 0. The number of hydrogen-bond donors (Lipinski definition) is 0. The highest BCUT2D eigenvalue weighted by Crippen LogP contribution is 2.14. The van der Waals surface area contributed by atoms with E-state index >= 15 is 0 Å². The largest absolute Gasteiger partial charge is 0.406 e. The first-order chi connectivity index (χ1) is 9.38. The minimum absolute atomic E-state index is 0.261. The number of aromatic nitrogens is 2. The summed E-state index contributed by atoms with van der Waals surface area (Å²) in [4.78, 5) is 9.92. The Labute approximate surface area is 110 Å². The van der Waals surface area contributed by atoms with E-state index in [-0.39, 0.29) is 5.82 Å². The van der Waals surface area contributed by atoms with E-state index in [1.165, 1.54) is 4.73 Å². The molecule has 0 amide bonds. The highest BCUT2D eigenvalue weighted by atomic mass is 16.7. The third kappa shape index (κ3) is 2.14. The van der Waals surface area contributed by atoms with Crippen molar-refractivity contribution < 1.29 is 4.84 Å². The summed E-state index contributed by atoms with van der Waals surface area (Å²) in [6.07, 6.45) is 0. The van der Waals surface area contributed by atoms with Gasteiger partial charge in [0.1, 0.15) is 18.2 Å². The molecule has 0 spiro atoms. The van der Waals surface area contributed by atoms with Crippen LogP contribution in [0.4, 0.5) is 0 Å². The fourth-order valence-corrected chi connectivity index (χ4v) is 1.92. The first kappa shape index (κ1) is 11.3. The van der Waals surface area contributed by atoms with E-state index in [1.54, 1.807) is 0 Å². The Kier molecular flexibility index (Phi) is 2.87. The summed E-state index contributed by atoms with van der Waals surface area (Å²) in [6.45, 7) is 0.399. The quantitative estimate of drug-likeness (QED) is 0.716. The van der Waals surface area contributed by atoms with Gasteiger partial charge in [-0.15, -0.1) is 0 Å². The Morgan fingerprint density at radius 2 is 1.79 bits per heavy atom. The number of imidazole rings is 1. The summed E-state index contributed by atoms with van der Waals surface area (Å²) in [5.74, 6) is 0.261. The van der Waals surface area contributed by atoms with Gasteiger partial charge in [-0.2, -0.15) is 9.99 Å². The van der Waals surface area contributed by atoms with Gasteiger partial charge in [-0.1, -0.05) is 42.5 Å². The second-order valence-corrected chi connectivity index (χ2v) is 4.09. The van der Waals surface area contributed by atoms with Crippen LogP contribution in [0.2, 0.25) is 0 Å². The number of fused-ring (bicyclic) bond motifs is 1. The summed E-state index contributed by atoms with van der Waals surface area (Å²) in [5, 5.41) is 9.10. The Morgan fingerprint density at radius 3 is 2.58 bits per heavy atom. The second-order valence-electron chi connectivity index (χ2n) is 4.09. The van der Waals surface area contributed by atoms with E-state index < -0.39 is 0 Å². The van der Waals surface area contributed by atoms with Gasteiger partial charge in [0.2, 0.25) is 5.82 Å². The average Bonchev–Trinajstić information content (AvgIpc) is 2.84. The molecule has 0 radical (unpaired) electrons. The number of hydrogen-bond acceptors (Lipinski definition) is 3. The minimum atomic E-state index is 0.261. The third-order valence-electron chi connectivity index (χ3n) is 2.82. The van der Waals surface area contributed by atoms with Crippen LogP contribution >= 0.6 is 0 Å². The molecule has 4 nitrogen and oxygen atoms in total. The van der Waals surface area contributed by atoms with Gasteiger partial charge in [0.25, 0.3) is 0 Å². The summed E-state index contributed by atoms with van der Waals surface area (Å²) in [6, 6.07) is 19.4. The molecule has 0 aliphatic rings. The third-order valence-corrected chi connectivity index (χ3v) is 2.82. The molecule has 1 heterocycles. The van der Waals surface area contributed by atoms with E-state index in [9.17, 15) is 0 Å². The number of nitriles is 1. The number of para-hydroxylation sites is 2. The molecular formula is C15H11N3O. The molecule has 0 aliphatic carbocycles. The van der Waals surface area contributed by atoms with Crippen LogP contribution in [0.1, 0.15) is 11.4 Å². The Hall–Kier alpha value is -2.80. The Balaban J connectivity index is 1.94. The van der Waals surface area contributed by atoms with Crippen molar-refractivity contribution in [3.05, 3.63) is 66.0 Å². The first-order valence-electron chi connectivity index (χ1n) is 5.93. The van der Waals surface area contributed by atoms with E-state index in [2.05, 4.69) is 4.98 Å². The average molecular weight is 249 g/mol.